The van der Waals surface area contributed by atoms with Gasteiger partial charge in [0.05, 0.1) is 0 Å². The molecule has 1 atom stereocenters. The highest BCUT2D eigenvalue weighted by molar-refractivity contribution is 7.99. The monoisotopic (exact) mass is 329 g/mol. The van der Waals surface area contributed by atoms with Gasteiger partial charge in [-0.15, -0.1) is 11.8 Å². The lowest BCUT2D eigenvalue weighted by atomic mass is 9.99. The molecule has 0 spiro atoms. The first-order chi connectivity index (χ1) is 10.0. The summed E-state index contributed by atoms with van der Waals surface area (Å²) in [6.07, 6.45) is 0.609. The van der Waals surface area contributed by atoms with Crippen molar-refractivity contribution in [2.24, 2.45) is 0 Å². The maximum Gasteiger partial charge on any atom is 0.330 e. The number of carboxylic acid groups (broad SMARTS) is 1. The van der Waals surface area contributed by atoms with Gasteiger partial charge in [-0.1, -0.05) is 12.1 Å². The van der Waals surface area contributed by atoms with Crippen molar-refractivity contribution >= 4 is 35.4 Å². The molecule has 1 saturated heterocycles. The third-order valence-electron chi connectivity index (χ3n) is 3.23. The van der Waals surface area contributed by atoms with E-state index in [1.165, 1.54) is 29.6 Å². The number of hydrogen-bond donors (Lipinski definition) is 2. The number of hydrogen-bond acceptors (Lipinski definition) is 4. The Kier molecular flexibility index (Phi) is 5.52. The summed E-state index contributed by atoms with van der Waals surface area (Å²) in [4.78, 5) is 23.7. The summed E-state index contributed by atoms with van der Waals surface area (Å²) in [6.45, 7) is 0. The van der Waals surface area contributed by atoms with Gasteiger partial charge in [0.15, 0.2) is 0 Å². The summed E-state index contributed by atoms with van der Waals surface area (Å²) in [7, 11) is 0. The molecule has 0 saturated carbocycles. The van der Waals surface area contributed by atoms with Crippen LogP contribution < -0.4 is 5.32 Å². The number of carboxylic acids is 1. The fourth-order valence-corrected chi connectivity index (χ4v) is 4.24. The molecule has 1 heterocycles. The van der Waals surface area contributed by atoms with E-state index in [4.69, 9.17) is 0 Å². The van der Waals surface area contributed by atoms with Crippen molar-refractivity contribution in [3.05, 3.63) is 30.1 Å². The first kappa shape index (κ1) is 16.2. The number of halogens is 1. The van der Waals surface area contributed by atoms with Gasteiger partial charge < -0.3 is 10.4 Å². The number of rotatable bonds is 6. The molecule has 4 nitrogen and oxygen atoms in total. The highest BCUT2D eigenvalue weighted by Gasteiger charge is 2.43. The van der Waals surface area contributed by atoms with Crippen LogP contribution >= 0.6 is 23.5 Å². The second-order valence-corrected chi connectivity index (χ2v) is 7.01. The van der Waals surface area contributed by atoms with E-state index in [2.05, 4.69) is 5.32 Å². The Hall–Kier alpha value is -1.21. The van der Waals surface area contributed by atoms with Crippen LogP contribution in [0.4, 0.5) is 4.39 Å². The fourth-order valence-electron chi connectivity index (χ4n) is 2.03. The first-order valence-corrected chi connectivity index (χ1v) is 8.67. The molecule has 7 heteroatoms. The van der Waals surface area contributed by atoms with Crippen LogP contribution in [0.15, 0.2) is 29.2 Å². The van der Waals surface area contributed by atoms with Crippen molar-refractivity contribution in [2.45, 2.75) is 23.3 Å². The van der Waals surface area contributed by atoms with E-state index in [1.54, 1.807) is 18.2 Å². The lowest BCUT2D eigenvalue weighted by Crippen LogP contribution is -2.54. The molecule has 2 N–H and O–H groups in total. The number of aliphatic carboxylic acids is 1. The molecule has 1 amide bonds. The third-order valence-corrected chi connectivity index (χ3v) is 5.47. The van der Waals surface area contributed by atoms with Crippen molar-refractivity contribution in [1.29, 1.82) is 0 Å². The molecule has 0 aliphatic carbocycles. The quantitative estimate of drug-likeness (QED) is 0.785. The van der Waals surface area contributed by atoms with E-state index in [-0.39, 0.29) is 18.1 Å². The SMILES string of the molecule is O=C(CCSc1ccccc1F)NC1(C(=O)O)CCSC1. The number of amides is 1. The maximum absolute atomic E-state index is 13.4. The molecule has 1 fully saturated rings. The highest BCUT2D eigenvalue weighted by atomic mass is 32.2. The lowest BCUT2D eigenvalue weighted by Gasteiger charge is -2.24. The van der Waals surface area contributed by atoms with Crippen LogP contribution in [0.5, 0.6) is 0 Å². The number of thioether (sulfide) groups is 2. The zero-order chi connectivity index (χ0) is 15.3. The molecule has 21 heavy (non-hydrogen) atoms. The minimum atomic E-state index is -1.13. The molecule has 0 bridgehead atoms. The fraction of sp³-hybridized carbons (Fsp3) is 0.429. The smallest absolute Gasteiger partial charge is 0.330 e. The average Bonchev–Trinajstić information content (AvgIpc) is 2.91. The maximum atomic E-state index is 13.4. The molecule has 0 aromatic heterocycles. The Labute approximate surface area is 130 Å². The van der Waals surface area contributed by atoms with E-state index in [9.17, 15) is 19.1 Å². The molecule has 1 aromatic carbocycles. The van der Waals surface area contributed by atoms with Crippen LogP contribution in [-0.2, 0) is 9.59 Å². The van der Waals surface area contributed by atoms with Crippen LogP contribution in [-0.4, -0.2) is 39.8 Å². The molecule has 0 radical (unpaired) electrons. The van der Waals surface area contributed by atoms with Crippen LogP contribution in [0.3, 0.4) is 0 Å². The topological polar surface area (TPSA) is 66.4 Å². The van der Waals surface area contributed by atoms with Gasteiger partial charge in [-0.3, -0.25) is 4.79 Å². The standard InChI is InChI=1S/C14H16FNO3S2/c15-10-3-1-2-4-11(10)21-7-5-12(17)16-14(13(18)19)6-8-20-9-14/h1-4H,5-9H2,(H,16,17)(H,18,19). The van der Waals surface area contributed by atoms with E-state index in [0.29, 0.717) is 22.8 Å². The Balaban J connectivity index is 1.82. The van der Waals surface area contributed by atoms with Gasteiger partial charge >= 0.3 is 5.97 Å². The van der Waals surface area contributed by atoms with Gasteiger partial charge in [-0.25, -0.2) is 9.18 Å². The second kappa shape index (κ2) is 7.17. The predicted octanol–water partition coefficient (Wildman–Crippen LogP) is 2.38. The van der Waals surface area contributed by atoms with E-state index in [0.717, 1.165) is 5.75 Å². The van der Waals surface area contributed by atoms with Crippen LogP contribution in [0.25, 0.3) is 0 Å². The predicted molar refractivity (Wildman–Crippen MR) is 82.2 cm³/mol. The summed E-state index contributed by atoms with van der Waals surface area (Å²) in [5, 5.41) is 11.9. The Morgan fingerprint density at radius 3 is 2.81 bits per heavy atom. The minimum absolute atomic E-state index is 0.165. The largest absolute Gasteiger partial charge is 0.479 e. The summed E-state index contributed by atoms with van der Waals surface area (Å²) < 4.78 is 13.4. The average molecular weight is 329 g/mol. The Bertz CT molecular complexity index is 533. The molecule has 2 rings (SSSR count). The Morgan fingerprint density at radius 2 is 2.19 bits per heavy atom. The Morgan fingerprint density at radius 1 is 1.43 bits per heavy atom. The van der Waals surface area contributed by atoms with E-state index < -0.39 is 11.5 Å². The summed E-state index contributed by atoms with van der Waals surface area (Å²) >= 11 is 2.78. The van der Waals surface area contributed by atoms with Crippen molar-refractivity contribution in [2.75, 3.05) is 17.3 Å². The number of nitrogens with one attached hydrogen (secondary N) is 1. The lowest BCUT2D eigenvalue weighted by molar-refractivity contribution is -0.146. The van der Waals surface area contributed by atoms with Gasteiger partial charge in [-0.2, -0.15) is 11.8 Å². The van der Waals surface area contributed by atoms with Crippen molar-refractivity contribution < 1.29 is 19.1 Å². The van der Waals surface area contributed by atoms with Gasteiger partial charge in [0, 0.05) is 22.8 Å². The summed E-state index contributed by atoms with van der Waals surface area (Å²) in [5.74, 6) is -0.0517. The molecule has 1 aliphatic heterocycles. The zero-order valence-corrected chi connectivity index (χ0v) is 12.9. The molecule has 1 aliphatic rings. The molecule has 1 unspecified atom stereocenters. The highest BCUT2D eigenvalue weighted by Crippen LogP contribution is 2.28. The van der Waals surface area contributed by atoms with Gasteiger partial charge in [0.2, 0.25) is 5.91 Å². The summed E-state index contributed by atoms with van der Waals surface area (Å²) in [5.41, 5.74) is -1.13. The molecule has 1 aromatic rings. The number of benzene rings is 1. The molecular weight excluding hydrogens is 313 g/mol. The van der Waals surface area contributed by atoms with E-state index >= 15 is 0 Å². The van der Waals surface area contributed by atoms with Crippen LogP contribution in [0.1, 0.15) is 12.8 Å². The van der Waals surface area contributed by atoms with Gasteiger partial charge in [0.25, 0.3) is 0 Å². The van der Waals surface area contributed by atoms with Gasteiger partial charge in [0.1, 0.15) is 11.4 Å². The van der Waals surface area contributed by atoms with Crippen molar-refractivity contribution in [3.8, 4) is 0 Å². The van der Waals surface area contributed by atoms with E-state index in [1.807, 2.05) is 0 Å². The van der Waals surface area contributed by atoms with Crippen molar-refractivity contribution in [3.63, 3.8) is 0 Å². The first-order valence-electron chi connectivity index (χ1n) is 6.53. The molecule has 114 valence electrons. The number of carbonyl (C=O) groups is 2. The van der Waals surface area contributed by atoms with Crippen LogP contribution in [0.2, 0.25) is 0 Å². The second-order valence-electron chi connectivity index (χ2n) is 4.77. The summed E-state index contributed by atoms with van der Waals surface area (Å²) in [6, 6.07) is 6.38. The van der Waals surface area contributed by atoms with Gasteiger partial charge in [-0.05, 0) is 24.3 Å². The minimum Gasteiger partial charge on any atom is -0.479 e. The normalized spacial score (nSPS) is 21.2. The molecular formula is C14H16FNO3S2. The third kappa shape index (κ3) is 4.14. The van der Waals surface area contributed by atoms with Crippen molar-refractivity contribution in [1.82, 2.24) is 5.32 Å². The van der Waals surface area contributed by atoms with Crippen LogP contribution in [0, 0.1) is 5.82 Å². The number of carbonyl (C=O) groups excluding carboxylic acids is 1. The zero-order valence-electron chi connectivity index (χ0n) is 11.3.